The van der Waals surface area contributed by atoms with Gasteiger partial charge in [-0.25, -0.2) is 0 Å². The van der Waals surface area contributed by atoms with Crippen LogP contribution in [0.15, 0.2) is 48.6 Å². The van der Waals surface area contributed by atoms with Crippen LogP contribution in [0.3, 0.4) is 0 Å². The quantitative estimate of drug-likeness (QED) is 0.0261. The number of ether oxygens (including phenoxy) is 3. The monoisotopic (exact) mass is 1080 g/mol. The van der Waals surface area contributed by atoms with E-state index >= 15 is 0 Å². The molecule has 6 heteroatoms. The summed E-state index contributed by atoms with van der Waals surface area (Å²) in [5.41, 5.74) is 0. The third-order valence-corrected chi connectivity index (χ3v) is 15.3. The van der Waals surface area contributed by atoms with Gasteiger partial charge in [-0.2, -0.15) is 0 Å². The standard InChI is InChI=1S/C71H130O6/c1-4-7-10-13-16-19-22-25-28-31-33-34-35-36-37-39-40-43-46-49-52-55-58-61-64-70(73)76-67-68(66-75-69(72)63-60-57-54-51-48-45-42-30-27-24-21-18-15-12-9-6-3)77-71(74)65-62-59-56-53-50-47-44-41-38-32-29-26-23-20-17-14-11-8-5-2/h17,20-21,24,26,29-30,42,68H,4-16,18-19,22-23,25,27-28,31-41,43-67H2,1-3H3/b20-17-,24-21-,29-26-,42-30-. The minimum Gasteiger partial charge on any atom is -0.462 e. The Hall–Kier alpha value is -2.63. The SMILES string of the molecule is CCCCC/C=C\C/C=C\CCCCCCCCCCCC(=O)OC(COC(=O)CCCCCCC/C=C\C/C=C\CCCCCC)COC(=O)CCCCCCCCCCCCCCCCCCCCCCCCCC. The number of esters is 3. The molecule has 0 saturated heterocycles. The Bertz CT molecular complexity index is 1330. The van der Waals surface area contributed by atoms with E-state index in [1.165, 1.54) is 244 Å². The Balaban J connectivity index is 4.30. The lowest BCUT2D eigenvalue weighted by Crippen LogP contribution is -2.30. The summed E-state index contributed by atoms with van der Waals surface area (Å²) >= 11 is 0. The lowest BCUT2D eigenvalue weighted by atomic mass is 10.0. The molecule has 6 nitrogen and oxygen atoms in total. The molecule has 0 aliphatic carbocycles. The summed E-state index contributed by atoms with van der Waals surface area (Å²) in [5.74, 6) is -0.870. The van der Waals surface area contributed by atoms with E-state index in [0.717, 1.165) is 83.5 Å². The van der Waals surface area contributed by atoms with E-state index in [2.05, 4.69) is 69.4 Å². The molecule has 0 N–H and O–H groups in total. The second-order valence-corrected chi connectivity index (χ2v) is 23.1. The molecule has 1 unspecified atom stereocenters. The van der Waals surface area contributed by atoms with E-state index in [1.54, 1.807) is 0 Å². The van der Waals surface area contributed by atoms with Crippen molar-refractivity contribution in [2.75, 3.05) is 13.2 Å². The molecule has 0 spiro atoms. The summed E-state index contributed by atoms with van der Waals surface area (Å²) in [6.07, 6.45) is 82.7. The zero-order chi connectivity index (χ0) is 55.7. The highest BCUT2D eigenvalue weighted by Crippen LogP contribution is 2.18. The van der Waals surface area contributed by atoms with Gasteiger partial charge in [-0.3, -0.25) is 14.4 Å². The summed E-state index contributed by atoms with van der Waals surface area (Å²) in [7, 11) is 0. The number of hydrogen-bond acceptors (Lipinski definition) is 6. The highest BCUT2D eigenvalue weighted by atomic mass is 16.6. The highest BCUT2D eigenvalue weighted by molar-refractivity contribution is 5.71. The van der Waals surface area contributed by atoms with Crippen molar-refractivity contribution in [2.45, 2.75) is 374 Å². The number of carbonyl (C=O) groups excluding carboxylic acids is 3. The van der Waals surface area contributed by atoms with Gasteiger partial charge < -0.3 is 14.2 Å². The minimum absolute atomic E-state index is 0.0755. The molecule has 450 valence electrons. The zero-order valence-electron chi connectivity index (χ0n) is 51.7. The van der Waals surface area contributed by atoms with Crippen molar-refractivity contribution in [1.29, 1.82) is 0 Å². The van der Waals surface area contributed by atoms with Gasteiger partial charge in [0, 0.05) is 19.3 Å². The number of hydrogen-bond donors (Lipinski definition) is 0. The van der Waals surface area contributed by atoms with Crippen LogP contribution in [0.1, 0.15) is 367 Å². The Kier molecular flexibility index (Phi) is 63.6. The van der Waals surface area contributed by atoms with Crippen LogP contribution >= 0.6 is 0 Å². The molecule has 0 bridgehead atoms. The molecular formula is C71H130O6. The Morgan fingerprint density at radius 1 is 0.260 bits per heavy atom. The van der Waals surface area contributed by atoms with Gasteiger partial charge in [0.1, 0.15) is 13.2 Å². The Morgan fingerprint density at radius 3 is 0.753 bits per heavy atom. The average molecular weight is 1080 g/mol. The fraction of sp³-hybridized carbons (Fsp3) is 0.845. The lowest BCUT2D eigenvalue weighted by Gasteiger charge is -2.18. The van der Waals surface area contributed by atoms with Crippen LogP contribution in [-0.4, -0.2) is 37.2 Å². The zero-order valence-corrected chi connectivity index (χ0v) is 51.7. The molecule has 0 saturated carbocycles. The van der Waals surface area contributed by atoms with E-state index in [4.69, 9.17) is 14.2 Å². The molecule has 0 radical (unpaired) electrons. The number of rotatable bonds is 63. The van der Waals surface area contributed by atoms with Gasteiger partial charge in [-0.15, -0.1) is 0 Å². The Labute approximate surface area is 479 Å². The van der Waals surface area contributed by atoms with Gasteiger partial charge in [-0.1, -0.05) is 313 Å². The van der Waals surface area contributed by atoms with Crippen LogP contribution in [0.4, 0.5) is 0 Å². The number of unbranched alkanes of at least 4 members (excludes halogenated alkanes) is 44. The van der Waals surface area contributed by atoms with Gasteiger partial charge in [0.05, 0.1) is 0 Å². The smallest absolute Gasteiger partial charge is 0.306 e. The molecule has 0 amide bonds. The van der Waals surface area contributed by atoms with Crippen molar-refractivity contribution in [2.24, 2.45) is 0 Å². The molecule has 77 heavy (non-hydrogen) atoms. The molecule has 0 rings (SSSR count). The van der Waals surface area contributed by atoms with Gasteiger partial charge in [-0.05, 0) is 83.5 Å². The molecule has 0 aromatic carbocycles. The third kappa shape index (κ3) is 64.1. The van der Waals surface area contributed by atoms with E-state index < -0.39 is 6.10 Å². The maximum absolute atomic E-state index is 12.9. The normalized spacial score (nSPS) is 12.3. The first-order valence-corrected chi connectivity index (χ1v) is 34.1. The Morgan fingerprint density at radius 2 is 0.468 bits per heavy atom. The fourth-order valence-corrected chi connectivity index (χ4v) is 10.2. The fourth-order valence-electron chi connectivity index (χ4n) is 10.2. The second-order valence-electron chi connectivity index (χ2n) is 23.1. The van der Waals surface area contributed by atoms with Gasteiger partial charge >= 0.3 is 17.9 Å². The van der Waals surface area contributed by atoms with Crippen molar-refractivity contribution >= 4 is 17.9 Å². The second kappa shape index (κ2) is 65.9. The van der Waals surface area contributed by atoms with Gasteiger partial charge in [0.15, 0.2) is 6.10 Å². The van der Waals surface area contributed by atoms with Crippen molar-refractivity contribution in [3.8, 4) is 0 Å². The molecule has 0 aliphatic rings. The number of allylic oxidation sites excluding steroid dienone is 8. The van der Waals surface area contributed by atoms with Crippen LogP contribution < -0.4 is 0 Å². The first-order valence-electron chi connectivity index (χ1n) is 34.1. The topological polar surface area (TPSA) is 78.9 Å². The van der Waals surface area contributed by atoms with Crippen LogP contribution in [0.5, 0.6) is 0 Å². The first-order chi connectivity index (χ1) is 38.0. The van der Waals surface area contributed by atoms with Crippen LogP contribution in [0.2, 0.25) is 0 Å². The lowest BCUT2D eigenvalue weighted by molar-refractivity contribution is -0.167. The molecule has 0 aromatic heterocycles. The first kappa shape index (κ1) is 74.4. The van der Waals surface area contributed by atoms with Crippen molar-refractivity contribution in [3.05, 3.63) is 48.6 Å². The molecule has 0 aliphatic heterocycles. The molecule has 0 aromatic rings. The largest absolute Gasteiger partial charge is 0.462 e. The summed E-state index contributed by atoms with van der Waals surface area (Å²) < 4.78 is 17.0. The maximum atomic E-state index is 12.9. The van der Waals surface area contributed by atoms with Crippen molar-refractivity contribution in [3.63, 3.8) is 0 Å². The van der Waals surface area contributed by atoms with Gasteiger partial charge in [0.25, 0.3) is 0 Å². The average Bonchev–Trinajstić information content (AvgIpc) is 3.43. The predicted molar refractivity (Wildman–Crippen MR) is 335 cm³/mol. The van der Waals surface area contributed by atoms with Crippen LogP contribution in [-0.2, 0) is 28.6 Å². The van der Waals surface area contributed by atoms with Gasteiger partial charge in [0.2, 0.25) is 0 Å². The summed E-state index contributed by atoms with van der Waals surface area (Å²) in [5, 5.41) is 0. The van der Waals surface area contributed by atoms with Crippen LogP contribution in [0, 0.1) is 0 Å². The van der Waals surface area contributed by atoms with E-state index in [-0.39, 0.29) is 31.1 Å². The summed E-state index contributed by atoms with van der Waals surface area (Å²) in [4.78, 5) is 38.4. The van der Waals surface area contributed by atoms with Crippen LogP contribution in [0.25, 0.3) is 0 Å². The summed E-state index contributed by atoms with van der Waals surface area (Å²) in [6, 6.07) is 0. The summed E-state index contributed by atoms with van der Waals surface area (Å²) in [6.45, 7) is 6.65. The molecule has 0 heterocycles. The molecular weight excluding hydrogens is 949 g/mol. The van der Waals surface area contributed by atoms with E-state index in [0.29, 0.717) is 19.3 Å². The maximum Gasteiger partial charge on any atom is 0.306 e. The van der Waals surface area contributed by atoms with E-state index in [1.807, 2.05) is 0 Å². The van der Waals surface area contributed by atoms with E-state index in [9.17, 15) is 14.4 Å². The third-order valence-electron chi connectivity index (χ3n) is 15.3. The minimum atomic E-state index is -0.781. The predicted octanol–water partition coefficient (Wildman–Crippen LogP) is 23.3. The van der Waals surface area contributed by atoms with Crippen molar-refractivity contribution < 1.29 is 28.6 Å². The molecule has 0 fully saturated rings. The number of carbonyl (C=O) groups is 3. The van der Waals surface area contributed by atoms with Crippen molar-refractivity contribution in [1.82, 2.24) is 0 Å². The highest BCUT2D eigenvalue weighted by Gasteiger charge is 2.19. The molecule has 1 atom stereocenters.